The molecule has 3 amide bonds. The van der Waals surface area contributed by atoms with Crippen LogP contribution < -0.4 is 10.1 Å². The molecule has 2 aliphatic heterocycles. The van der Waals surface area contributed by atoms with Gasteiger partial charge in [0.1, 0.15) is 11.3 Å². The first-order chi connectivity index (χ1) is 16.0. The van der Waals surface area contributed by atoms with Gasteiger partial charge in [-0.05, 0) is 49.8 Å². The van der Waals surface area contributed by atoms with Crippen LogP contribution in [-0.2, 0) is 0 Å². The van der Waals surface area contributed by atoms with Crippen LogP contribution >= 0.6 is 0 Å². The summed E-state index contributed by atoms with van der Waals surface area (Å²) >= 11 is 0. The Hall–Kier alpha value is -3.48. The van der Waals surface area contributed by atoms with Crippen molar-refractivity contribution in [2.75, 3.05) is 38.6 Å². The average Bonchev–Trinajstić information content (AvgIpc) is 3.41. The highest BCUT2D eigenvalue weighted by atomic mass is 16.5. The van der Waals surface area contributed by atoms with Crippen molar-refractivity contribution in [2.24, 2.45) is 5.41 Å². The molecule has 0 unspecified atom stereocenters. The molecule has 2 fully saturated rings. The topological polar surface area (TPSA) is 75.0 Å². The van der Waals surface area contributed by atoms with E-state index in [0.29, 0.717) is 36.8 Å². The van der Waals surface area contributed by atoms with Gasteiger partial charge in [0.25, 0.3) is 5.91 Å². The predicted octanol–water partition coefficient (Wildman–Crippen LogP) is 4.91. The fourth-order valence-corrected chi connectivity index (χ4v) is 5.16. The number of carbonyl (C=O) groups excluding carboxylic acids is 2. The molecule has 1 aromatic heterocycles. The second kappa shape index (κ2) is 8.46. The van der Waals surface area contributed by atoms with E-state index in [-0.39, 0.29) is 17.4 Å². The second-order valence-electron chi connectivity index (χ2n) is 9.15. The lowest BCUT2D eigenvalue weighted by Gasteiger charge is -2.39. The molecular weight excluding hydrogens is 418 g/mol. The third kappa shape index (κ3) is 3.92. The molecule has 172 valence electrons. The summed E-state index contributed by atoms with van der Waals surface area (Å²) in [5.41, 5.74) is 2.39. The second-order valence-corrected chi connectivity index (χ2v) is 9.15. The van der Waals surface area contributed by atoms with Crippen LogP contribution in [0.25, 0.3) is 11.0 Å². The maximum atomic E-state index is 13.2. The van der Waals surface area contributed by atoms with Gasteiger partial charge in [-0.15, -0.1) is 0 Å². The molecule has 2 aromatic carbocycles. The molecule has 1 spiro atoms. The van der Waals surface area contributed by atoms with Gasteiger partial charge in [0, 0.05) is 37.1 Å². The minimum absolute atomic E-state index is 0.0306. The number of likely N-dealkylation sites (tertiary alicyclic amines) is 2. The van der Waals surface area contributed by atoms with Crippen LogP contribution in [0.3, 0.4) is 0 Å². The van der Waals surface area contributed by atoms with Gasteiger partial charge in [0.05, 0.1) is 12.8 Å². The number of benzene rings is 2. The molecule has 0 radical (unpaired) electrons. The maximum absolute atomic E-state index is 13.2. The first-order valence-corrected chi connectivity index (χ1v) is 11.5. The Labute approximate surface area is 193 Å². The van der Waals surface area contributed by atoms with Crippen molar-refractivity contribution in [3.05, 3.63) is 59.9 Å². The molecule has 7 nitrogen and oxygen atoms in total. The van der Waals surface area contributed by atoms with Crippen molar-refractivity contribution in [1.29, 1.82) is 0 Å². The number of nitrogens with one attached hydrogen (secondary N) is 1. The maximum Gasteiger partial charge on any atom is 0.321 e. The number of carbonyl (C=O) groups is 2. The molecule has 33 heavy (non-hydrogen) atoms. The summed E-state index contributed by atoms with van der Waals surface area (Å²) in [6.07, 6.45) is 2.73. The molecular formula is C26H29N3O4. The normalized spacial score (nSPS) is 17.5. The number of hydrogen-bond donors (Lipinski definition) is 1. The van der Waals surface area contributed by atoms with Crippen molar-refractivity contribution < 1.29 is 18.7 Å². The fourth-order valence-electron chi connectivity index (χ4n) is 5.16. The van der Waals surface area contributed by atoms with E-state index >= 15 is 0 Å². The summed E-state index contributed by atoms with van der Waals surface area (Å²) in [6, 6.07) is 15.1. The van der Waals surface area contributed by atoms with E-state index in [1.54, 1.807) is 7.11 Å². The molecule has 0 saturated carbocycles. The van der Waals surface area contributed by atoms with Gasteiger partial charge in [-0.3, -0.25) is 4.79 Å². The third-order valence-corrected chi connectivity index (χ3v) is 7.22. The number of piperidine rings is 1. The van der Waals surface area contributed by atoms with Crippen molar-refractivity contribution in [3.8, 4) is 5.75 Å². The zero-order chi connectivity index (χ0) is 23.0. The van der Waals surface area contributed by atoms with Gasteiger partial charge in [-0.1, -0.05) is 30.3 Å². The summed E-state index contributed by atoms with van der Waals surface area (Å²) < 4.78 is 11.2. The van der Waals surface area contributed by atoms with E-state index < -0.39 is 0 Å². The quantitative estimate of drug-likeness (QED) is 0.619. The number of aryl methyl sites for hydroxylation is 1. The summed E-state index contributed by atoms with van der Waals surface area (Å²) in [7, 11) is 1.59. The van der Waals surface area contributed by atoms with Gasteiger partial charge in [0.2, 0.25) is 0 Å². The fraction of sp³-hybridized carbons (Fsp3) is 0.385. The molecule has 2 aliphatic rings. The minimum Gasteiger partial charge on any atom is -0.495 e. The Bertz CT molecular complexity index is 1190. The highest BCUT2D eigenvalue weighted by molar-refractivity contribution is 5.99. The van der Waals surface area contributed by atoms with E-state index in [0.717, 1.165) is 42.3 Å². The summed E-state index contributed by atoms with van der Waals surface area (Å²) in [6.45, 7) is 4.73. The first-order valence-electron chi connectivity index (χ1n) is 11.5. The number of rotatable bonds is 3. The number of ether oxygens (including phenoxy) is 1. The molecule has 2 saturated heterocycles. The SMILES string of the molecule is COc1ccccc1NC(=O)N1CCC2(CC1)CCN(C(=O)c1oc3ccccc3c1C)C2. The van der Waals surface area contributed by atoms with Crippen molar-refractivity contribution in [2.45, 2.75) is 26.2 Å². The zero-order valence-corrected chi connectivity index (χ0v) is 19.1. The summed E-state index contributed by atoms with van der Waals surface area (Å²) in [5, 5.41) is 3.95. The van der Waals surface area contributed by atoms with Crippen LogP contribution in [-0.4, -0.2) is 55.0 Å². The number of fused-ring (bicyclic) bond motifs is 1. The van der Waals surface area contributed by atoms with Crippen LogP contribution in [0.4, 0.5) is 10.5 Å². The van der Waals surface area contributed by atoms with Crippen LogP contribution in [0.1, 0.15) is 35.4 Å². The number of para-hydroxylation sites is 3. The number of methoxy groups -OCH3 is 1. The van der Waals surface area contributed by atoms with Gasteiger partial charge in [0.15, 0.2) is 5.76 Å². The molecule has 5 rings (SSSR count). The van der Waals surface area contributed by atoms with Crippen LogP contribution in [0.15, 0.2) is 52.9 Å². The first kappa shape index (κ1) is 21.4. The smallest absolute Gasteiger partial charge is 0.321 e. The Morgan fingerprint density at radius 1 is 0.970 bits per heavy atom. The summed E-state index contributed by atoms with van der Waals surface area (Å²) in [4.78, 5) is 29.8. The number of furan rings is 1. The average molecular weight is 448 g/mol. The largest absolute Gasteiger partial charge is 0.495 e. The third-order valence-electron chi connectivity index (χ3n) is 7.22. The van der Waals surface area contributed by atoms with Gasteiger partial charge >= 0.3 is 6.03 Å². The molecule has 3 heterocycles. The van der Waals surface area contributed by atoms with Crippen molar-refractivity contribution >= 4 is 28.6 Å². The van der Waals surface area contributed by atoms with Gasteiger partial charge in [-0.25, -0.2) is 4.79 Å². The number of nitrogens with zero attached hydrogens (tertiary/aromatic N) is 2. The van der Waals surface area contributed by atoms with E-state index in [1.165, 1.54) is 0 Å². The monoisotopic (exact) mass is 447 g/mol. The van der Waals surface area contributed by atoms with E-state index in [4.69, 9.17) is 9.15 Å². The van der Waals surface area contributed by atoms with Crippen molar-refractivity contribution in [1.82, 2.24) is 9.80 Å². The molecule has 7 heteroatoms. The Morgan fingerprint density at radius 3 is 2.36 bits per heavy atom. The predicted molar refractivity (Wildman–Crippen MR) is 127 cm³/mol. The summed E-state index contributed by atoms with van der Waals surface area (Å²) in [5.74, 6) is 1.06. The van der Waals surface area contributed by atoms with E-state index in [9.17, 15) is 9.59 Å². The number of urea groups is 1. The standard InChI is InChI=1S/C26H29N3O4/c1-18-19-7-3-5-9-21(19)33-23(18)24(30)29-16-13-26(17-29)11-14-28(15-12-26)25(31)27-20-8-4-6-10-22(20)32-2/h3-10H,11-17H2,1-2H3,(H,27,31). The lowest BCUT2D eigenvalue weighted by atomic mass is 9.78. The molecule has 0 bridgehead atoms. The van der Waals surface area contributed by atoms with Crippen LogP contribution in [0.5, 0.6) is 5.75 Å². The van der Waals surface area contributed by atoms with Gasteiger partial charge in [-0.2, -0.15) is 0 Å². The highest BCUT2D eigenvalue weighted by Gasteiger charge is 2.43. The lowest BCUT2D eigenvalue weighted by molar-refractivity contribution is 0.0711. The number of anilines is 1. The van der Waals surface area contributed by atoms with Gasteiger partial charge < -0.3 is 24.3 Å². The molecule has 3 aromatic rings. The van der Waals surface area contributed by atoms with E-state index in [2.05, 4.69) is 5.32 Å². The zero-order valence-electron chi connectivity index (χ0n) is 19.1. The highest BCUT2D eigenvalue weighted by Crippen LogP contribution is 2.41. The van der Waals surface area contributed by atoms with E-state index in [1.807, 2.05) is 65.3 Å². The number of amides is 3. The molecule has 0 aliphatic carbocycles. The Balaban J connectivity index is 1.21. The Morgan fingerprint density at radius 2 is 1.64 bits per heavy atom. The van der Waals surface area contributed by atoms with Crippen molar-refractivity contribution in [3.63, 3.8) is 0 Å². The Kier molecular flexibility index (Phi) is 5.48. The lowest BCUT2D eigenvalue weighted by Crippen LogP contribution is -2.46. The molecule has 0 atom stereocenters. The van der Waals surface area contributed by atoms with Crippen LogP contribution in [0.2, 0.25) is 0 Å². The minimum atomic E-state index is -0.113. The van der Waals surface area contributed by atoms with Crippen LogP contribution in [0, 0.1) is 12.3 Å². The number of hydrogen-bond acceptors (Lipinski definition) is 4. The molecule has 1 N–H and O–H groups in total.